The van der Waals surface area contributed by atoms with Crippen molar-refractivity contribution in [2.45, 2.75) is 64.6 Å². The number of hydrogen-bond donors (Lipinski definition) is 4. The van der Waals surface area contributed by atoms with E-state index in [0.29, 0.717) is 11.0 Å². The van der Waals surface area contributed by atoms with Gasteiger partial charge < -0.3 is 21.1 Å². The lowest BCUT2D eigenvalue weighted by molar-refractivity contribution is -0.126. The normalized spacial score (nSPS) is 20.6. The van der Waals surface area contributed by atoms with Crippen LogP contribution < -0.4 is 16.0 Å². The van der Waals surface area contributed by atoms with Crippen molar-refractivity contribution < 1.29 is 9.90 Å². The summed E-state index contributed by atoms with van der Waals surface area (Å²) in [5.41, 5.74) is 0.784. The Morgan fingerprint density at radius 1 is 1.28 bits per heavy atom. The molecule has 29 heavy (non-hydrogen) atoms. The van der Waals surface area contributed by atoms with Crippen molar-refractivity contribution in [2.24, 2.45) is 10.9 Å². The van der Waals surface area contributed by atoms with Gasteiger partial charge in [-0.3, -0.25) is 9.79 Å². The SMILES string of the molecule is CCNC(=NCC(O)c1ccc(Cl)cc1)NC1CCCC(C(=O)NC(C)C)C1.I. The molecule has 0 heterocycles. The van der Waals surface area contributed by atoms with Crippen molar-refractivity contribution in [2.75, 3.05) is 13.1 Å². The molecule has 0 aliphatic heterocycles. The largest absolute Gasteiger partial charge is 0.386 e. The number of benzene rings is 1. The summed E-state index contributed by atoms with van der Waals surface area (Å²) >= 11 is 5.90. The summed E-state index contributed by atoms with van der Waals surface area (Å²) in [7, 11) is 0. The molecule has 1 aromatic rings. The quantitative estimate of drug-likeness (QED) is 0.244. The lowest BCUT2D eigenvalue weighted by atomic mass is 9.85. The number of hydrogen-bond acceptors (Lipinski definition) is 3. The molecule has 4 N–H and O–H groups in total. The van der Waals surface area contributed by atoms with Crippen molar-refractivity contribution >= 4 is 47.4 Å². The van der Waals surface area contributed by atoms with Gasteiger partial charge in [0.2, 0.25) is 5.91 Å². The highest BCUT2D eigenvalue weighted by atomic mass is 127. The lowest BCUT2D eigenvalue weighted by Gasteiger charge is -2.30. The number of carbonyl (C=O) groups excluding carboxylic acids is 1. The van der Waals surface area contributed by atoms with Gasteiger partial charge in [-0.25, -0.2) is 0 Å². The van der Waals surface area contributed by atoms with Gasteiger partial charge in [-0.1, -0.05) is 30.2 Å². The molecule has 0 bridgehead atoms. The van der Waals surface area contributed by atoms with E-state index in [-0.39, 0.29) is 54.4 Å². The standard InChI is InChI=1S/C21H33ClN4O2.HI/c1-4-23-21(24-13-19(27)15-8-10-17(22)11-9-15)26-18-7-5-6-16(12-18)20(28)25-14(2)3;/h8-11,14,16,18-19,27H,4-7,12-13H2,1-3H3,(H,25,28)(H2,23,24,26);1H. The van der Waals surface area contributed by atoms with E-state index in [9.17, 15) is 9.90 Å². The minimum absolute atomic E-state index is 0. The van der Waals surface area contributed by atoms with Crippen LogP contribution in [-0.2, 0) is 4.79 Å². The number of nitrogens with zero attached hydrogens (tertiary/aromatic N) is 1. The van der Waals surface area contributed by atoms with Crippen LogP contribution in [0, 0.1) is 5.92 Å². The van der Waals surface area contributed by atoms with Crippen molar-refractivity contribution in [1.29, 1.82) is 0 Å². The average molecular weight is 537 g/mol. The second kappa shape index (κ2) is 13.3. The van der Waals surface area contributed by atoms with Gasteiger partial charge in [0.15, 0.2) is 5.96 Å². The molecule has 1 aliphatic carbocycles. The van der Waals surface area contributed by atoms with Crippen LogP contribution >= 0.6 is 35.6 Å². The molecule has 1 fully saturated rings. The van der Waals surface area contributed by atoms with Gasteiger partial charge in [-0.2, -0.15) is 0 Å². The zero-order valence-electron chi connectivity index (χ0n) is 17.5. The molecule has 1 saturated carbocycles. The summed E-state index contributed by atoms with van der Waals surface area (Å²) in [5.74, 6) is 0.850. The van der Waals surface area contributed by atoms with Gasteiger partial charge in [-0.15, -0.1) is 24.0 Å². The van der Waals surface area contributed by atoms with Gasteiger partial charge in [-0.05, 0) is 57.7 Å². The minimum Gasteiger partial charge on any atom is -0.386 e. The predicted molar refractivity (Wildman–Crippen MR) is 130 cm³/mol. The number of nitrogens with one attached hydrogen (secondary N) is 3. The van der Waals surface area contributed by atoms with Crippen LogP contribution in [0.2, 0.25) is 5.02 Å². The first-order valence-electron chi connectivity index (χ1n) is 10.2. The Kier molecular flexibility index (Phi) is 11.9. The molecular weight excluding hydrogens is 503 g/mol. The molecule has 3 atom stereocenters. The van der Waals surface area contributed by atoms with E-state index in [1.165, 1.54) is 0 Å². The van der Waals surface area contributed by atoms with Gasteiger partial charge in [0.25, 0.3) is 0 Å². The highest BCUT2D eigenvalue weighted by Crippen LogP contribution is 2.24. The van der Waals surface area contributed by atoms with E-state index in [2.05, 4.69) is 20.9 Å². The number of guanidine groups is 1. The van der Waals surface area contributed by atoms with Crippen LogP contribution in [0.25, 0.3) is 0 Å². The van der Waals surface area contributed by atoms with Crippen molar-refractivity contribution in [3.8, 4) is 0 Å². The lowest BCUT2D eigenvalue weighted by Crippen LogP contribution is -2.47. The summed E-state index contributed by atoms with van der Waals surface area (Å²) in [6.07, 6.45) is 3.06. The molecule has 164 valence electrons. The molecule has 3 unspecified atom stereocenters. The summed E-state index contributed by atoms with van der Waals surface area (Å²) in [6.45, 7) is 6.96. The van der Waals surface area contributed by atoms with Crippen LogP contribution in [-0.4, -0.2) is 42.1 Å². The third-order valence-corrected chi connectivity index (χ3v) is 5.09. The molecule has 1 aromatic carbocycles. The van der Waals surface area contributed by atoms with Gasteiger partial charge in [0.05, 0.1) is 12.6 Å². The van der Waals surface area contributed by atoms with Crippen LogP contribution in [0.15, 0.2) is 29.3 Å². The Hall–Kier alpha value is -1.06. The maximum atomic E-state index is 12.3. The number of rotatable bonds is 7. The van der Waals surface area contributed by atoms with E-state index in [0.717, 1.165) is 37.8 Å². The fraction of sp³-hybridized carbons (Fsp3) is 0.619. The number of aliphatic hydroxyl groups excluding tert-OH is 1. The number of carbonyl (C=O) groups is 1. The second-order valence-corrected chi connectivity index (χ2v) is 8.09. The molecule has 8 heteroatoms. The summed E-state index contributed by atoms with van der Waals surface area (Å²) in [5, 5.41) is 20.7. The highest BCUT2D eigenvalue weighted by molar-refractivity contribution is 14.0. The molecule has 6 nitrogen and oxygen atoms in total. The predicted octanol–water partition coefficient (Wildman–Crippen LogP) is 3.63. The van der Waals surface area contributed by atoms with Gasteiger partial charge in [0, 0.05) is 29.6 Å². The van der Waals surface area contributed by atoms with Gasteiger partial charge in [0.1, 0.15) is 0 Å². The molecule has 2 rings (SSSR count). The molecule has 0 saturated heterocycles. The minimum atomic E-state index is -0.691. The number of halogens is 2. The summed E-state index contributed by atoms with van der Waals surface area (Å²) in [4.78, 5) is 16.9. The first-order chi connectivity index (χ1) is 13.4. The smallest absolute Gasteiger partial charge is 0.223 e. The van der Waals surface area contributed by atoms with Crippen molar-refractivity contribution in [1.82, 2.24) is 16.0 Å². The summed E-state index contributed by atoms with van der Waals surface area (Å²) < 4.78 is 0. The maximum absolute atomic E-state index is 12.3. The Morgan fingerprint density at radius 2 is 1.97 bits per heavy atom. The molecule has 0 aromatic heterocycles. The van der Waals surface area contributed by atoms with Gasteiger partial charge >= 0.3 is 0 Å². The van der Waals surface area contributed by atoms with Crippen LogP contribution in [0.5, 0.6) is 0 Å². The Morgan fingerprint density at radius 3 is 2.59 bits per heavy atom. The molecule has 1 amide bonds. The number of amides is 1. The average Bonchev–Trinajstić information content (AvgIpc) is 2.66. The third kappa shape index (κ3) is 9.09. The third-order valence-electron chi connectivity index (χ3n) is 4.84. The summed E-state index contributed by atoms with van der Waals surface area (Å²) in [6, 6.07) is 7.50. The second-order valence-electron chi connectivity index (χ2n) is 7.66. The Bertz CT molecular complexity index is 655. The zero-order valence-corrected chi connectivity index (χ0v) is 20.5. The molecule has 0 radical (unpaired) electrons. The highest BCUT2D eigenvalue weighted by Gasteiger charge is 2.28. The van der Waals surface area contributed by atoms with Crippen LogP contribution in [0.3, 0.4) is 0 Å². The molecule has 0 spiro atoms. The van der Waals surface area contributed by atoms with Crippen molar-refractivity contribution in [3.63, 3.8) is 0 Å². The monoisotopic (exact) mass is 536 g/mol. The van der Waals surface area contributed by atoms with Crippen molar-refractivity contribution in [3.05, 3.63) is 34.9 Å². The van der Waals surface area contributed by atoms with E-state index in [1.807, 2.05) is 32.9 Å². The van der Waals surface area contributed by atoms with E-state index < -0.39 is 6.10 Å². The number of aliphatic hydroxyl groups is 1. The Labute approximate surface area is 196 Å². The fourth-order valence-corrected chi connectivity index (χ4v) is 3.57. The maximum Gasteiger partial charge on any atom is 0.223 e. The number of aliphatic imine (C=N–C) groups is 1. The van der Waals surface area contributed by atoms with E-state index in [1.54, 1.807) is 12.1 Å². The van der Waals surface area contributed by atoms with E-state index in [4.69, 9.17) is 11.6 Å². The molecular formula is C21H34ClIN4O2. The zero-order chi connectivity index (χ0) is 20.5. The topological polar surface area (TPSA) is 85.8 Å². The van der Waals surface area contributed by atoms with E-state index >= 15 is 0 Å². The first kappa shape index (κ1) is 26.0. The van der Waals surface area contributed by atoms with Crippen LogP contribution in [0.4, 0.5) is 0 Å². The fourth-order valence-electron chi connectivity index (χ4n) is 3.44. The first-order valence-corrected chi connectivity index (χ1v) is 10.6. The van der Waals surface area contributed by atoms with Crippen LogP contribution in [0.1, 0.15) is 58.1 Å². The molecule has 1 aliphatic rings. The Balaban J connectivity index is 0.00000420.